The van der Waals surface area contributed by atoms with Crippen LogP contribution in [0.3, 0.4) is 0 Å². The molecule has 0 fully saturated rings. The quantitative estimate of drug-likeness (QED) is 0.809. The molecule has 0 saturated carbocycles. The molecular formula is C14H22N2O2. The molecule has 100 valence electrons. The monoisotopic (exact) mass is 250 g/mol. The number of nitrogens with two attached hydrogens (primary N) is 1. The van der Waals surface area contributed by atoms with Crippen LogP contribution in [0.15, 0.2) is 18.2 Å². The summed E-state index contributed by atoms with van der Waals surface area (Å²) in [4.78, 5) is 13.2. The summed E-state index contributed by atoms with van der Waals surface area (Å²) < 4.78 is 0. The fraction of sp³-hybridized carbons (Fsp3) is 0.500. The Hall–Kier alpha value is -1.71. The van der Waals surface area contributed by atoms with Gasteiger partial charge in [0.1, 0.15) is 0 Å². The molecule has 0 amide bonds. The van der Waals surface area contributed by atoms with Crippen LogP contribution in [0, 0.1) is 5.41 Å². The van der Waals surface area contributed by atoms with Crippen molar-refractivity contribution in [3.05, 3.63) is 23.8 Å². The highest BCUT2D eigenvalue weighted by atomic mass is 16.4. The molecule has 1 rings (SSSR count). The molecule has 0 radical (unpaired) electrons. The average Bonchev–Trinajstić information content (AvgIpc) is 2.25. The van der Waals surface area contributed by atoms with E-state index in [0.717, 1.165) is 0 Å². The lowest BCUT2D eigenvalue weighted by atomic mass is 9.86. The largest absolute Gasteiger partial charge is 0.478 e. The average molecular weight is 250 g/mol. The normalized spacial score (nSPS) is 13.2. The molecule has 0 aliphatic heterocycles. The molecule has 3 N–H and O–H groups in total. The van der Waals surface area contributed by atoms with E-state index in [9.17, 15) is 9.90 Å². The topological polar surface area (TPSA) is 66.6 Å². The van der Waals surface area contributed by atoms with Crippen LogP contribution >= 0.6 is 0 Å². The van der Waals surface area contributed by atoms with Crippen LogP contribution in [0.2, 0.25) is 0 Å². The van der Waals surface area contributed by atoms with Gasteiger partial charge in [0.25, 0.3) is 0 Å². The maximum absolute atomic E-state index is 11.3. The zero-order valence-electron chi connectivity index (χ0n) is 11.7. The Kier molecular flexibility index (Phi) is 3.89. The second-order valence-corrected chi connectivity index (χ2v) is 5.70. The van der Waals surface area contributed by atoms with E-state index in [4.69, 9.17) is 5.73 Å². The maximum Gasteiger partial charge on any atom is 0.337 e. The highest BCUT2D eigenvalue weighted by Crippen LogP contribution is 2.33. The van der Waals surface area contributed by atoms with Crippen molar-refractivity contribution < 1.29 is 9.90 Å². The number of para-hydroxylation sites is 1. The SMILES string of the molecule is CC(N(C)c1c(N)cccc1C(=O)O)C(C)(C)C. The van der Waals surface area contributed by atoms with Crippen LogP contribution in [0.1, 0.15) is 38.1 Å². The van der Waals surface area contributed by atoms with Gasteiger partial charge in [0.2, 0.25) is 0 Å². The Morgan fingerprint density at radius 1 is 1.39 bits per heavy atom. The van der Waals surface area contributed by atoms with E-state index in [1.165, 1.54) is 0 Å². The number of carboxylic acids is 1. The van der Waals surface area contributed by atoms with Crippen molar-refractivity contribution >= 4 is 17.3 Å². The maximum atomic E-state index is 11.3. The molecule has 0 aliphatic carbocycles. The van der Waals surface area contributed by atoms with Gasteiger partial charge < -0.3 is 15.7 Å². The molecule has 1 aromatic carbocycles. The minimum Gasteiger partial charge on any atom is -0.478 e. The van der Waals surface area contributed by atoms with E-state index >= 15 is 0 Å². The molecule has 0 spiro atoms. The number of benzene rings is 1. The highest BCUT2D eigenvalue weighted by Gasteiger charge is 2.27. The summed E-state index contributed by atoms with van der Waals surface area (Å²) in [5.41, 5.74) is 7.30. The molecule has 1 atom stereocenters. The third-order valence-electron chi connectivity index (χ3n) is 3.48. The molecule has 18 heavy (non-hydrogen) atoms. The van der Waals surface area contributed by atoms with Crippen molar-refractivity contribution in [2.45, 2.75) is 33.7 Å². The number of carbonyl (C=O) groups is 1. The lowest BCUT2D eigenvalue weighted by Crippen LogP contribution is -2.40. The molecule has 0 aliphatic rings. The summed E-state index contributed by atoms with van der Waals surface area (Å²) in [5.74, 6) is -0.953. The number of hydrogen-bond donors (Lipinski definition) is 2. The second-order valence-electron chi connectivity index (χ2n) is 5.70. The van der Waals surface area contributed by atoms with Crippen molar-refractivity contribution in [3.8, 4) is 0 Å². The van der Waals surface area contributed by atoms with E-state index in [2.05, 4.69) is 27.7 Å². The van der Waals surface area contributed by atoms with Gasteiger partial charge in [-0.3, -0.25) is 0 Å². The highest BCUT2D eigenvalue weighted by molar-refractivity contribution is 5.98. The first-order valence-corrected chi connectivity index (χ1v) is 6.01. The van der Waals surface area contributed by atoms with Crippen molar-refractivity contribution in [2.24, 2.45) is 5.41 Å². The first-order valence-electron chi connectivity index (χ1n) is 6.01. The van der Waals surface area contributed by atoms with E-state index < -0.39 is 5.97 Å². The van der Waals surface area contributed by atoms with Gasteiger partial charge in [-0.15, -0.1) is 0 Å². The number of rotatable bonds is 3. The van der Waals surface area contributed by atoms with Crippen molar-refractivity contribution in [1.82, 2.24) is 0 Å². The van der Waals surface area contributed by atoms with E-state index in [0.29, 0.717) is 11.4 Å². The van der Waals surface area contributed by atoms with E-state index in [1.54, 1.807) is 18.2 Å². The lowest BCUT2D eigenvalue weighted by molar-refractivity contribution is 0.0697. The third kappa shape index (κ3) is 2.75. The Labute approximate surface area is 108 Å². The summed E-state index contributed by atoms with van der Waals surface area (Å²) in [6.45, 7) is 8.42. The molecule has 1 unspecified atom stereocenters. The number of carboxylic acid groups (broad SMARTS) is 1. The third-order valence-corrected chi connectivity index (χ3v) is 3.48. The summed E-state index contributed by atoms with van der Waals surface area (Å²) in [6, 6.07) is 5.14. The Balaban J connectivity index is 3.28. The fourth-order valence-electron chi connectivity index (χ4n) is 1.90. The van der Waals surface area contributed by atoms with Crippen molar-refractivity contribution in [3.63, 3.8) is 0 Å². The van der Waals surface area contributed by atoms with Crippen molar-refractivity contribution in [2.75, 3.05) is 17.7 Å². The Morgan fingerprint density at radius 2 is 1.94 bits per heavy atom. The van der Waals surface area contributed by atoms with Crippen LogP contribution in [-0.4, -0.2) is 24.2 Å². The number of aromatic carboxylic acids is 1. The van der Waals surface area contributed by atoms with Crippen LogP contribution in [0.25, 0.3) is 0 Å². The van der Waals surface area contributed by atoms with Gasteiger partial charge in [-0.25, -0.2) is 4.79 Å². The number of hydrogen-bond acceptors (Lipinski definition) is 3. The molecule has 0 aromatic heterocycles. The molecular weight excluding hydrogens is 228 g/mol. The standard InChI is InChI=1S/C14H22N2O2/c1-9(14(2,3)4)16(5)12-10(13(17)18)7-6-8-11(12)15/h6-9H,15H2,1-5H3,(H,17,18). The number of anilines is 2. The molecule has 1 aromatic rings. The van der Waals surface area contributed by atoms with E-state index in [-0.39, 0.29) is 17.0 Å². The van der Waals surface area contributed by atoms with Gasteiger partial charge in [-0.2, -0.15) is 0 Å². The van der Waals surface area contributed by atoms with Crippen LogP contribution in [-0.2, 0) is 0 Å². The molecule has 0 saturated heterocycles. The van der Waals surface area contributed by atoms with Gasteiger partial charge in [0, 0.05) is 13.1 Å². The molecule has 4 heteroatoms. The van der Waals surface area contributed by atoms with E-state index in [1.807, 2.05) is 11.9 Å². The predicted octanol–water partition coefficient (Wildman–Crippen LogP) is 2.84. The summed E-state index contributed by atoms with van der Waals surface area (Å²) in [5, 5.41) is 9.24. The summed E-state index contributed by atoms with van der Waals surface area (Å²) >= 11 is 0. The number of nitrogen functional groups attached to an aromatic ring is 1. The first kappa shape index (κ1) is 14.4. The Bertz CT molecular complexity index is 450. The van der Waals surface area contributed by atoms with Gasteiger partial charge in [-0.1, -0.05) is 26.8 Å². The summed E-state index contributed by atoms with van der Waals surface area (Å²) in [7, 11) is 1.88. The second kappa shape index (κ2) is 4.88. The number of nitrogens with zero attached hydrogens (tertiary/aromatic N) is 1. The smallest absolute Gasteiger partial charge is 0.337 e. The molecule has 0 bridgehead atoms. The van der Waals surface area contributed by atoms with Crippen LogP contribution < -0.4 is 10.6 Å². The van der Waals surface area contributed by atoms with Gasteiger partial charge in [0.15, 0.2) is 0 Å². The van der Waals surface area contributed by atoms with Crippen molar-refractivity contribution in [1.29, 1.82) is 0 Å². The Morgan fingerprint density at radius 3 is 2.39 bits per heavy atom. The fourth-order valence-corrected chi connectivity index (χ4v) is 1.90. The molecule has 0 heterocycles. The minimum atomic E-state index is -0.953. The summed E-state index contributed by atoms with van der Waals surface area (Å²) in [6.07, 6.45) is 0. The van der Waals surface area contributed by atoms with Crippen LogP contribution in [0.5, 0.6) is 0 Å². The predicted molar refractivity (Wildman–Crippen MR) is 75.1 cm³/mol. The lowest BCUT2D eigenvalue weighted by Gasteiger charge is -2.38. The zero-order valence-corrected chi connectivity index (χ0v) is 11.7. The van der Waals surface area contributed by atoms with Gasteiger partial charge in [0.05, 0.1) is 16.9 Å². The minimum absolute atomic E-state index is 0.0345. The van der Waals surface area contributed by atoms with Gasteiger partial charge >= 0.3 is 5.97 Å². The first-order chi connectivity index (χ1) is 8.16. The van der Waals surface area contributed by atoms with Crippen LogP contribution in [0.4, 0.5) is 11.4 Å². The van der Waals surface area contributed by atoms with Gasteiger partial charge in [-0.05, 0) is 24.5 Å². The zero-order chi connectivity index (χ0) is 14.1. The molecule has 4 nitrogen and oxygen atoms in total.